The lowest BCUT2D eigenvalue weighted by atomic mass is 9.71. The minimum atomic E-state index is -0.192. The first-order valence-electron chi connectivity index (χ1n) is 17.6. The molecule has 9 unspecified atom stereocenters. The summed E-state index contributed by atoms with van der Waals surface area (Å²) in [5.41, 5.74) is 2.55. The number of benzene rings is 4. The molecule has 4 aliphatic rings. The summed E-state index contributed by atoms with van der Waals surface area (Å²) in [4.78, 5) is 24.5. The van der Waals surface area contributed by atoms with E-state index in [1.807, 2.05) is 97.1 Å². The van der Waals surface area contributed by atoms with Crippen molar-refractivity contribution in [3.8, 4) is 11.5 Å². The third-order valence-corrected chi connectivity index (χ3v) is 10.2. The lowest BCUT2D eigenvalue weighted by Gasteiger charge is -2.31. The first-order valence-corrected chi connectivity index (χ1v) is 17.6. The van der Waals surface area contributed by atoms with Gasteiger partial charge in [0.15, 0.2) is 0 Å². The third kappa shape index (κ3) is 8.68. The van der Waals surface area contributed by atoms with Crippen molar-refractivity contribution < 1.29 is 28.5 Å². The molecule has 3 fully saturated rings. The van der Waals surface area contributed by atoms with E-state index >= 15 is 0 Å². The molecule has 0 radical (unpaired) electrons. The summed E-state index contributed by atoms with van der Waals surface area (Å²) in [6.45, 7) is 8.15. The van der Waals surface area contributed by atoms with E-state index in [0.717, 1.165) is 19.3 Å². The molecule has 0 N–H and O–H groups in total. The van der Waals surface area contributed by atoms with Crippen LogP contribution in [-0.4, -0.2) is 36.4 Å². The fourth-order valence-corrected chi connectivity index (χ4v) is 7.46. The van der Waals surface area contributed by atoms with E-state index in [-0.39, 0.29) is 48.2 Å². The van der Waals surface area contributed by atoms with Gasteiger partial charge in [0.25, 0.3) is 0 Å². The average Bonchev–Trinajstić information content (AvgIpc) is 3.97. The number of carbonyl (C=O) groups is 2. The fraction of sp³-hybridized carbons (Fsp3) is 0.318. The number of hydrogen-bond donors (Lipinski definition) is 0. The SMILES string of the molecule is C=Cc1ccccc1.CC(CC1C2CC(C(=O)Oc3ccccc3)C(O2)C1C)c1ccccc1.O=C(Oc1ccccc1)C1CC2C=CC1O2. The van der Waals surface area contributed by atoms with Crippen LogP contribution in [0.3, 0.4) is 0 Å². The summed E-state index contributed by atoms with van der Waals surface area (Å²) in [6, 6.07) is 39.1. The maximum atomic E-state index is 12.6. The summed E-state index contributed by atoms with van der Waals surface area (Å²) >= 11 is 0. The van der Waals surface area contributed by atoms with Crippen LogP contribution in [0.1, 0.15) is 50.2 Å². The zero-order chi connectivity index (χ0) is 34.9. The minimum Gasteiger partial charge on any atom is -0.426 e. The van der Waals surface area contributed by atoms with Gasteiger partial charge < -0.3 is 18.9 Å². The van der Waals surface area contributed by atoms with Crippen LogP contribution in [0.2, 0.25) is 0 Å². The zero-order valence-electron chi connectivity index (χ0n) is 28.8. The van der Waals surface area contributed by atoms with Gasteiger partial charge in [-0.2, -0.15) is 0 Å². The van der Waals surface area contributed by atoms with Crippen molar-refractivity contribution >= 4 is 18.0 Å². The Bertz CT molecular complexity index is 1700. The Kier molecular flexibility index (Phi) is 11.7. The molecule has 0 aromatic heterocycles. The van der Waals surface area contributed by atoms with Crippen molar-refractivity contribution in [2.75, 3.05) is 0 Å². The quantitative estimate of drug-likeness (QED) is 0.106. The first kappa shape index (κ1) is 35.1. The Morgan fingerprint density at radius 3 is 1.76 bits per heavy atom. The average molecular weight is 671 g/mol. The van der Waals surface area contributed by atoms with E-state index in [1.165, 1.54) is 11.1 Å². The molecule has 0 aliphatic carbocycles. The van der Waals surface area contributed by atoms with Gasteiger partial charge in [0.1, 0.15) is 11.5 Å². The molecule has 258 valence electrons. The summed E-state index contributed by atoms with van der Waals surface area (Å²) in [5, 5.41) is 0. The molecule has 4 aromatic carbocycles. The van der Waals surface area contributed by atoms with E-state index in [0.29, 0.717) is 29.3 Å². The van der Waals surface area contributed by atoms with Gasteiger partial charge in [-0.25, -0.2) is 0 Å². The Hall–Kier alpha value is -4.78. The zero-order valence-corrected chi connectivity index (χ0v) is 28.8. The summed E-state index contributed by atoms with van der Waals surface area (Å²) in [6.07, 6.45) is 8.62. The molecule has 3 saturated heterocycles. The molecule has 0 saturated carbocycles. The highest BCUT2D eigenvalue weighted by molar-refractivity contribution is 5.77. The fourth-order valence-electron chi connectivity index (χ4n) is 7.46. The highest BCUT2D eigenvalue weighted by atomic mass is 16.6. The number of esters is 2. The number of rotatable bonds is 8. The molecule has 6 nitrogen and oxygen atoms in total. The van der Waals surface area contributed by atoms with Gasteiger partial charge in [0.05, 0.1) is 36.3 Å². The predicted octanol–water partition coefficient (Wildman–Crippen LogP) is 9.09. The minimum absolute atomic E-state index is 0.0100. The van der Waals surface area contributed by atoms with Gasteiger partial charge in [-0.3, -0.25) is 9.59 Å². The van der Waals surface area contributed by atoms with E-state index in [2.05, 4.69) is 50.8 Å². The lowest BCUT2D eigenvalue weighted by molar-refractivity contribution is -0.141. The topological polar surface area (TPSA) is 71.1 Å². The standard InChI is InChI=1S/C23H26O3.C13H12O3.C8H8/c1-15(17-9-5-3-6-10-17)13-19-16(2)22-20(14-21(19)26-22)23(24)25-18-11-7-4-8-12-18;14-13(16-9-4-2-1-3-5-9)11-8-10-6-7-12(11)15-10;1-2-8-6-4-3-5-7-8/h3-12,15-16,19-22H,13-14H2,1-2H3;1-7,10-12H,8H2;2-7H,1H2. The van der Waals surface area contributed by atoms with Crippen molar-refractivity contribution in [2.45, 2.75) is 63.4 Å². The van der Waals surface area contributed by atoms with Crippen molar-refractivity contribution in [3.05, 3.63) is 151 Å². The molecule has 8 rings (SSSR count). The molecule has 0 amide bonds. The Balaban J connectivity index is 0.000000152. The molecule has 4 aliphatic heterocycles. The maximum absolute atomic E-state index is 12.6. The number of carbonyl (C=O) groups excluding carboxylic acids is 2. The third-order valence-electron chi connectivity index (χ3n) is 10.2. The summed E-state index contributed by atoms with van der Waals surface area (Å²) < 4.78 is 22.6. The number of fused-ring (bicyclic) bond motifs is 4. The molecule has 9 atom stereocenters. The number of hydrogen-bond acceptors (Lipinski definition) is 6. The monoisotopic (exact) mass is 670 g/mol. The van der Waals surface area contributed by atoms with Crippen molar-refractivity contribution in [2.24, 2.45) is 23.7 Å². The van der Waals surface area contributed by atoms with Crippen LogP contribution >= 0.6 is 0 Å². The summed E-state index contributed by atoms with van der Waals surface area (Å²) in [7, 11) is 0. The van der Waals surface area contributed by atoms with E-state index < -0.39 is 0 Å². The van der Waals surface area contributed by atoms with Crippen molar-refractivity contribution in [3.63, 3.8) is 0 Å². The molecule has 4 heterocycles. The Labute approximate surface area is 295 Å². The van der Waals surface area contributed by atoms with Gasteiger partial charge in [-0.15, -0.1) is 0 Å². The second-order valence-electron chi connectivity index (χ2n) is 13.5. The molecule has 4 aromatic rings. The molecular formula is C44H46O6. The van der Waals surface area contributed by atoms with Gasteiger partial charge in [-0.05, 0) is 72.4 Å². The second kappa shape index (κ2) is 16.8. The normalized spacial score (nSPS) is 27.2. The van der Waals surface area contributed by atoms with E-state index in [9.17, 15) is 9.59 Å². The molecule has 4 bridgehead atoms. The lowest BCUT2D eigenvalue weighted by Crippen LogP contribution is -2.37. The van der Waals surface area contributed by atoms with Crippen molar-refractivity contribution in [1.82, 2.24) is 0 Å². The van der Waals surface area contributed by atoms with Crippen LogP contribution in [0.15, 0.2) is 140 Å². The smallest absolute Gasteiger partial charge is 0.317 e. The summed E-state index contributed by atoms with van der Waals surface area (Å²) in [5.74, 6) is 1.98. The van der Waals surface area contributed by atoms with Crippen molar-refractivity contribution in [1.29, 1.82) is 0 Å². The van der Waals surface area contributed by atoms with Crippen LogP contribution < -0.4 is 9.47 Å². The number of ether oxygens (including phenoxy) is 4. The van der Waals surface area contributed by atoms with Crippen LogP contribution in [-0.2, 0) is 19.1 Å². The van der Waals surface area contributed by atoms with Gasteiger partial charge in [0.2, 0.25) is 0 Å². The molecular weight excluding hydrogens is 624 g/mol. The predicted molar refractivity (Wildman–Crippen MR) is 195 cm³/mol. The highest BCUT2D eigenvalue weighted by Crippen LogP contribution is 2.50. The van der Waals surface area contributed by atoms with Crippen LogP contribution in [0, 0.1) is 23.7 Å². The largest absolute Gasteiger partial charge is 0.426 e. The van der Waals surface area contributed by atoms with E-state index in [4.69, 9.17) is 18.9 Å². The van der Waals surface area contributed by atoms with E-state index in [1.54, 1.807) is 12.1 Å². The van der Waals surface area contributed by atoms with Crippen LogP contribution in [0.5, 0.6) is 11.5 Å². The van der Waals surface area contributed by atoms with Gasteiger partial charge in [0, 0.05) is 0 Å². The molecule has 0 spiro atoms. The highest BCUT2D eigenvalue weighted by Gasteiger charge is 2.55. The van der Waals surface area contributed by atoms with Crippen LogP contribution in [0.25, 0.3) is 6.08 Å². The van der Waals surface area contributed by atoms with Crippen LogP contribution in [0.4, 0.5) is 0 Å². The van der Waals surface area contributed by atoms with Gasteiger partial charge >= 0.3 is 11.9 Å². The first-order chi connectivity index (χ1) is 24.4. The Morgan fingerprint density at radius 2 is 1.28 bits per heavy atom. The molecule has 50 heavy (non-hydrogen) atoms. The Morgan fingerprint density at radius 1 is 0.740 bits per heavy atom. The number of para-hydroxylation sites is 2. The second-order valence-corrected chi connectivity index (χ2v) is 13.5. The molecule has 6 heteroatoms. The van der Waals surface area contributed by atoms with Gasteiger partial charge in [-0.1, -0.05) is 136 Å². The maximum Gasteiger partial charge on any atom is 0.317 e.